The van der Waals surface area contributed by atoms with Gasteiger partial charge in [0.05, 0.1) is 6.67 Å². The Bertz CT molecular complexity index is 381. The third-order valence-corrected chi connectivity index (χ3v) is 3.87. The molecule has 0 aliphatic carbocycles. The number of halogens is 1. The molecule has 2 unspecified atom stereocenters. The van der Waals surface area contributed by atoms with E-state index in [4.69, 9.17) is 4.74 Å². The van der Waals surface area contributed by atoms with E-state index in [1.54, 1.807) is 20.8 Å². The molecule has 1 aliphatic heterocycles. The molecule has 5 nitrogen and oxygen atoms in total. The van der Waals surface area contributed by atoms with Gasteiger partial charge in [-0.15, -0.1) is 0 Å². The van der Waals surface area contributed by atoms with E-state index >= 15 is 0 Å². The van der Waals surface area contributed by atoms with E-state index in [-0.39, 0.29) is 12.6 Å². The van der Waals surface area contributed by atoms with Gasteiger partial charge in [0, 0.05) is 6.54 Å². The molecule has 1 aliphatic rings. The lowest BCUT2D eigenvalue weighted by molar-refractivity contribution is -0.145. The molecule has 0 aromatic heterocycles. The molecule has 1 heterocycles. The summed E-state index contributed by atoms with van der Waals surface area (Å²) in [4.78, 5) is 24.9. The smallest absolute Gasteiger partial charge is 0.411 e. The van der Waals surface area contributed by atoms with Crippen molar-refractivity contribution >= 4 is 12.1 Å². The number of carbonyl (C=O) groups is 2. The Hall–Kier alpha value is -1.33. The number of ether oxygens (including phenoxy) is 1. The molecular weight excluding hydrogens is 289 g/mol. The summed E-state index contributed by atoms with van der Waals surface area (Å²) in [7, 11) is 0. The number of unbranched alkanes of at least 4 members (excludes halogenated alkanes) is 2. The standard InChI is InChI=1S/C16H28FNO4/c1-16(2,3)22-15(21)18-10-8-12(7-5-4-6-9-17)11-13(18)14(19)20/h12-13H,4-11H2,1-3H3,(H,19,20). The Morgan fingerprint density at radius 1 is 1.27 bits per heavy atom. The normalized spacial score (nSPS) is 22.5. The molecule has 2 atom stereocenters. The number of carbonyl (C=O) groups excluding carboxylic acids is 1. The van der Waals surface area contributed by atoms with Crippen molar-refractivity contribution in [1.82, 2.24) is 4.90 Å². The lowest BCUT2D eigenvalue weighted by atomic mass is 9.87. The second kappa shape index (κ2) is 8.34. The number of amides is 1. The fourth-order valence-electron chi connectivity index (χ4n) is 2.78. The zero-order chi connectivity index (χ0) is 16.8. The Balaban J connectivity index is 2.56. The van der Waals surface area contributed by atoms with Crippen LogP contribution < -0.4 is 0 Å². The fraction of sp³-hybridized carbons (Fsp3) is 0.875. The molecule has 1 saturated heterocycles. The zero-order valence-corrected chi connectivity index (χ0v) is 13.8. The van der Waals surface area contributed by atoms with Crippen LogP contribution >= 0.6 is 0 Å². The van der Waals surface area contributed by atoms with Crippen molar-refractivity contribution in [2.45, 2.75) is 70.9 Å². The highest BCUT2D eigenvalue weighted by Gasteiger charge is 2.37. The zero-order valence-electron chi connectivity index (χ0n) is 13.8. The van der Waals surface area contributed by atoms with Crippen molar-refractivity contribution < 1.29 is 23.8 Å². The lowest BCUT2D eigenvalue weighted by Crippen LogP contribution is -2.51. The number of carboxylic acid groups (broad SMARTS) is 1. The first kappa shape index (κ1) is 18.7. The van der Waals surface area contributed by atoms with E-state index in [0.29, 0.717) is 19.4 Å². The maximum absolute atomic E-state index is 12.1. The van der Waals surface area contributed by atoms with Gasteiger partial charge in [-0.05, 0) is 46.0 Å². The number of carboxylic acids is 1. The van der Waals surface area contributed by atoms with Crippen LogP contribution in [0.3, 0.4) is 0 Å². The van der Waals surface area contributed by atoms with E-state index in [0.717, 1.165) is 25.7 Å². The third kappa shape index (κ3) is 6.20. The van der Waals surface area contributed by atoms with Crippen molar-refractivity contribution in [3.63, 3.8) is 0 Å². The summed E-state index contributed by atoms with van der Waals surface area (Å²) >= 11 is 0. The van der Waals surface area contributed by atoms with Gasteiger partial charge in [-0.1, -0.05) is 19.3 Å². The lowest BCUT2D eigenvalue weighted by Gasteiger charge is -2.37. The van der Waals surface area contributed by atoms with Gasteiger partial charge >= 0.3 is 12.1 Å². The molecule has 0 aromatic carbocycles. The summed E-state index contributed by atoms with van der Waals surface area (Å²) in [5.41, 5.74) is -0.636. The molecule has 1 fully saturated rings. The number of hydrogen-bond donors (Lipinski definition) is 1. The minimum Gasteiger partial charge on any atom is -0.480 e. The number of hydrogen-bond acceptors (Lipinski definition) is 3. The van der Waals surface area contributed by atoms with Crippen LogP contribution in [0.15, 0.2) is 0 Å². The number of rotatable bonds is 6. The summed E-state index contributed by atoms with van der Waals surface area (Å²) in [6, 6.07) is -0.824. The molecule has 0 bridgehead atoms. The summed E-state index contributed by atoms with van der Waals surface area (Å²) in [6.07, 6.45) is 3.87. The van der Waals surface area contributed by atoms with Crippen LogP contribution in [0.2, 0.25) is 0 Å². The SMILES string of the molecule is CC(C)(C)OC(=O)N1CCC(CCCCCF)CC1C(=O)O. The molecule has 1 N–H and O–H groups in total. The van der Waals surface area contributed by atoms with Gasteiger partial charge in [-0.25, -0.2) is 9.59 Å². The molecule has 0 aromatic rings. The monoisotopic (exact) mass is 317 g/mol. The van der Waals surface area contributed by atoms with Crippen molar-refractivity contribution in [3.8, 4) is 0 Å². The maximum Gasteiger partial charge on any atom is 0.411 e. The van der Waals surface area contributed by atoms with Gasteiger partial charge in [0.25, 0.3) is 0 Å². The van der Waals surface area contributed by atoms with Crippen LogP contribution in [-0.4, -0.2) is 46.9 Å². The van der Waals surface area contributed by atoms with E-state index in [2.05, 4.69) is 0 Å². The molecule has 0 saturated carbocycles. The van der Waals surface area contributed by atoms with Crippen molar-refractivity contribution in [2.24, 2.45) is 5.92 Å². The molecule has 128 valence electrons. The van der Waals surface area contributed by atoms with Crippen LogP contribution in [0.5, 0.6) is 0 Å². The molecule has 0 spiro atoms. The van der Waals surface area contributed by atoms with Crippen molar-refractivity contribution in [2.75, 3.05) is 13.2 Å². The van der Waals surface area contributed by atoms with Crippen LogP contribution in [0.4, 0.5) is 9.18 Å². The van der Waals surface area contributed by atoms with Gasteiger partial charge < -0.3 is 9.84 Å². The molecular formula is C16H28FNO4. The average Bonchev–Trinajstić information content (AvgIpc) is 2.41. The highest BCUT2D eigenvalue weighted by Crippen LogP contribution is 2.28. The van der Waals surface area contributed by atoms with Crippen LogP contribution in [0, 0.1) is 5.92 Å². The van der Waals surface area contributed by atoms with Gasteiger partial charge in [0.1, 0.15) is 11.6 Å². The molecule has 22 heavy (non-hydrogen) atoms. The number of likely N-dealkylation sites (tertiary alicyclic amines) is 1. The van der Waals surface area contributed by atoms with Crippen LogP contribution in [0.1, 0.15) is 59.3 Å². The first-order chi connectivity index (χ1) is 10.2. The van der Waals surface area contributed by atoms with Gasteiger partial charge in [-0.3, -0.25) is 9.29 Å². The number of nitrogens with zero attached hydrogens (tertiary/aromatic N) is 1. The van der Waals surface area contributed by atoms with E-state index in [9.17, 15) is 19.1 Å². The first-order valence-electron chi connectivity index (χ1n) is 8.03. The van der Waals surface area contributed by atoms with Gasteiger partial charge in [-0.2, -0.15) is 0 Å². The minimum absolute atomic E-state index is 0.277. The minimum atomic E-state index is -0.987. The number of aliphatic carboxylic acids is 1. The molecule has 6 heteroatoms. The first-order valence-corrected chi connectivity index (χ1v) is 8.03. The highest BCUT2D eigenvalue weighted by molar-refractivity contribution is 5.80. The number of piperidine rings is 1. The largest absolute Gasteiger partial charge is 0.480 e. The number of alkyl halides is 1. The van der Waals surface area contributed by atoms with Crippen LogP contribution in [0.25, 0.3) is 0 Å². The fourth-order valence-corrected chi connectivity index (χ4v) is 2.78. The third-order valence-electron chi connectivity index (χ3n) is 3.87. The summed E-state index contributed by atoms with van der Waals surface area (Å²) in [6.45, 7) is 5.39. The van der Waals surface area contributed by atoms with E-state index in [1.807, 2.05) is 0 Å². The topological polar surface area (TPSA) is 66.8 Å². The van der Waals surface area contributed by atoms with Gasteiger partial charge in [0.2, 0.25) is 0 Å². The Morgan fingerprint density at radius 3 is 2.50 bits per heavy atom. The predicted molar refractivity (Wildman–Crippen MR) is 81.5 cm³/mol. The second-order valence-electron chi connectivity index (χ2n) is 6.96. The predicted octanol–water partition coefficient (Wildman–Crippen LogP) is 3.62. The Morgan fingerprint density at radius 2 is 1.95 bits per heavy atom. The highest BCUT2D eigenvalue weighted by atomic mass is 19.1. The van der Waals surface area contributed by atoms with Crippen LogP contribution in [-0.2, 0) is 9.53 Å². The molecule has 1 amide bonds. The molecule has 1 rings (SSSR count). The van der Waals surface area contributed by atoms with Crippen molar-refractivity contribution in [1.29, 1.82) is 0 Å². The maximum atomic E-state index is 12.1. The van der Waals surface area contributed by atoms with Crippen molar-refractivity contribution in [3.05, 3.63) is 0 Å². The van der Waals surface area contributed by atoms with Gasteiger partial charge in [0.15, 0.2) is 0 Å². The summed E-state index contributed by atoms with van der Waals surface area (Å²) < 4.78 is 17.4. The summed E-state index contributed by atoms with van der Waals surface area (Å²) in [5, 5.41) is 9.38. The van der Waals surface area contributed by atoms with E-state index < -0.39 is 23.7 Å². The quantitative estimate of drug-likeness (QED) is 0.760. The Labute approximate surface area is 131 Å². The second-order valence-corrected chi connectivity index (χ2v) is 6.96. The summed E-state index contributed by atoms with van der Waals surface area (Å²) in [5.74, 6) is -0.710. The molecule has 0 radical (unpaired) electrons. The average molecular weight is 317 g/mol. The van der Waals surface area contributed by atoms with E-state index in [1.165, 1.54) is 4.90 Å². The Kier molecular flexibility index (Phi) is 7.10.